The fourth-order valence-electron chi connectivity index (χ4n) is 5.34. The van der Waals surface area contributed by atoms with Crippen LogP contribution in [-0.2, 0) is 28.6 Å². The minimum absolute atomic E-state index is 0.0190. The van der Waals surface area contributed by atoms with Gasteiger partial charge < -0.3 is 9.45 Å². The Balaban J connectivity index is 1.80. The molecule has 0 amide bonds. The molecule has 2 aromatic carbocycles. The van der Waals surface area contributed by atoms with E-state index >= 15 is 0 Å². The summed E-state index contributed by atoms with van der Waals surface area (Å²) in [5.74, 6) is 0.450. The van der Waals surface area contributed by atoms with Crippen LogP contribution in [0.5, 0.6) is 0 Å². The Bertz CT molecular complexity index is 1580. The van der Waals surface area contributed by atoms with Crippen molar-refractivity contribution in [3.05, 3.63) is 79.7 Å². The van der Waals surface area contributed by atoms with Gasteiger partial charge in [0.1, 0.15) is 0 Å². The lowest BCUT2D eigenvalue weighted by atomic mass is 9.83. The van der Waals surface area contributed by atoms with Crippen molar-refractivity contribution in [1.29, 1.82) is 0 Å². The molecule has 0 saturated carbocycles. The monoisotopic (exact) mass is 592 g/mol. The fraction of sp³-hybridized carbons (Fsp3) is 0.370. The van der Waals surface area contributed by atoms with Gasteiger partial charge in [0.2, 0.25) is 0 Å². The van der Waals surface area contributed by atoms with E-state index in [9.17, 15) is 23.1 Å². The van der Waals surface area contributed by atoms with Gasteiger partial charge in [0.25, 0.3) is 11.5 Å². The van der Waals surface area contributed by atoms with E-state index < -0.39 is 26.2 Å². The Morgan fingerprint density at radius 2 is 1.82 bits per heavy atom. The molecule has 4 rings (SSSR count). The first-order chi connectivity index (χ1) is 18.3. The van der Waals surface area contributed by atoms with E-state index in [2.05, 4.69) is 9.13 Å². The number of hydrogen-bond acceptors (Lipinski definition) is 6. The van der Waals surface area contributed by atoms with Crippen molar-refractivity contribution >= 4 is 61.8 Å². The number of rotatable bonds is 9. The van der Waals surface area contributed by atoms with Crippen molar-refractivity contribution in [2.75, 3.05) is 17.2 Å². The van der Waals surface area contributed by atoms with E-state index in [0.29, 0.717) is 23.1 Å². The Morgan fingerprint density at radius 1 is 1.13 bits per heavy atom. The lowest BCUT2D eigenvalue weighted by molar-refractivity contribution is -0.670. The van der Waals surface area contributed by atoms with Crippen LogP contribution in [0.4, 0.5) is 11.4 Å². The van der Waals surface area contributed by atoms with E-state index in [0.717, 1.165) is 33.8 Å². The molecule has 208 valence electrons. The number of nitro benzene ring substituents is 1. The van der Waals surface area contributed by atoms with Gasteiger partial charge in [-0.1, -0.05) is 43.1 Å². The number of imidazole rings is 1. The topological polar surface area (TPSA) is 112 Å². The van der Waals surface area contributed by atoms with Crippen LogP contribution < -0.4 is 9.47 Å². The van der Waals surface area contributed by atoms with Crippen LogP contribution in [0, 0.1) is 10.1 Å². The molecular formula is C27H30Cl2N4O5S. The van der Waals surface area contributed by atoms with Crippen molar-refractivity contribution in [1.82, 2.24) is 4.57 Å². The molecule has 0 bridgehead atoms. The summed E-state index contributed by atoms with van der Waals surface area (Å²) in [5, 5.41) is 12.4. The summed E-state index contributed by atoms with van der Waals surface area (Å²) in [6.07, 6.45) is 5.98. The second-order valence-electron chi connectivity index (χ2n) is 9.86. The molecule has 1 aromatic heterocycles. The number of hydrogen-bond donors (Lipinski definition) is 0. The van der Waals surface area contributed by atoms with Gasteiger partial charge in [0.05, 0.1) is 38.2 Å². The zero-order valence-corrected chi connectivity index (χ0v) is 24.5. The van der Waals surface area contributed by atoms with Crippen LogP contribution in [0.2, 0.25) is 10.0 Å². The van der Waals surface area contributed by atoms with Gasteiger partial charge in [-0.3, -0.25) is 10.1 Å². The fourth-order valence-corrected chi connectivity index (χ4v) is 6.14. The van der Waals surface area contributed by atoms with Crippen molar-refractivity contribution in [3.8, 4) is 0 Å². The largest absolute Gasteiger partial charge is 0.748 e. The highest BCUT2D eigenvalue weighted by atomic mass is 35.5. The van der Waals surface area contributed by atoms with Gasteiger partial charge in [-0.05, 0) is 38.0 Å². The maximum Gasteiger partial charge on any atom is 0.282 e. The quantitative estimate of drug-likeness (QED) is 0.134. The number of nitro groups is 1. The van der Waals surface area contributed by atoms with Crippen LogP contribution in [0.3, 0.4) is 0 Å². The Morgan fingerprint density at radius 3 is 2.44 bits per heavy atom. The summed E-state index contributed by atoms with van der Waals surface area (Å²) in [4.78, 5) is 13.0. The zero-order valence-electron chi connectivity index (χ0n) is 22.1. The standard InChI is InChI=1S/C27H30Cl2N4O5S/c1-5-30-23-16-20(28)21(29)17-24(23)31(6-2)26(30)10-7-9-25-27(3,4)19-15-18(33(34)35)11-12-22(19)32(25)13-8-14-39(36,37)38/h7,9-12,15-17H,5-6,8,13-14H2,1-4H3. The van der Waals surface area contributed by atoms with Crippen LogP contribution >= 0.6 is 23.2 Å². The average molecular weight is 594 g/mol. The molecule has 12 heteroatoms. The van der Waals surface area contributed by atoms with E-state index in [-0.39, 0.29) is 18.7 Å². The zero-order chi connectivity index (χ0) is 28.7. The molecule has 0 N–H and O–H groups in total. The van der Waals surface area contributed by atoms with Crippen molar-refractivity contribution in [2.24, 2.45) is 0 Å². The normalized spacial score (nSPS) is 16.1. The molecular weight excluding hydrogens is 563 g/mol. The van der Waals surface area contributed by atoms with Gasteiger partial charge >= 0.3 is 0 Å². The first kappa shape index (κ1) is 29.1. The highest BCUT2D eigenvalue weighted by Gasteiger charge is 2.40. The summed E-state index contributed by atoms with van der Waals surface area (Å²) in [5.41, 5.74) is 3.65. The van der Waals surface area contributed by atoms with Crippen molar-refractivity contribution < 1.29 is 22.5 Å². The lowest BCUT2D eigenvalue weighted by Gasteiger charge is -2.27. The van der Waals surface area contributed by atoms with Crippen LogP contribution in [-0.4, -0.2) is 34.8 Å². The third-order valence-corrected chi connectivity index (χ3v) is 8.66. The first-order valence-electron chi connectivity index (χ1n) is 12.6. The second-order valence-corrected chi connectivity index (χ2v) is 12.2. The van der Waals surface area contributed by atoms with Gasteiger partial charge in [-0.25, -0.2) is 17.6 Å². The summed E-state index contributed by atoms with van der Waals surface area (Å²) in [6, 6.07) is 8.40. The Hall–Kier alpha value is -2.92. The smallest absolute Gasteiger partial charge is 0.282 e. The number of benzene rings is 2. The van der Waals surface area contributed by atoms with Gasteiger partial charge in [0, 0.05) is 59.4 Å². The summed E-state index contributed by atoms with van der Waals surface area (Å²) >= 11 is 12.6. The molecule has 1 aliphatic heterocycles. The lowest BCUT2D eigenvalue weighted by Crippen LogP contribution is -2.35. The summed E-state index contributed by atoms with van der Waals surface area (Å²) in [6.45, 7) is 9.72. The Kier molecular flexibility index (Phi) is 8.14. The predicted octanol–water partition coefficient (Wildman–Crippen LogP) is 5.81. The van der Waals surface area contributed by atoms with E-state index in [1.165, 1.54) is 6.07 Å². The third kappa shape index (κ3) is 5.56. The van der Waals surface area contributed by atoms with Gasteiger partial charge in [-0.15, -0.1) is 0 Å². The van der Waals surface area contributed by atoms with Crippen LogP contribution in [0.15, 0.2) is 48.2 Å². The molecule has 0 aliphatic carbocycles. The molecule has 0 unspecified atom stereocenters. The molecule has 0 fully saturated rings. The highest BCUT2D eigenvalue weighted by Crippen LogP contribution is 2.49. The summed E-state index contributed by atoms with van der Waals surface area (Å²) in [7, 11) is -4.37. The molecule has 0 radical (unpaired) electrons. The predicted molar refractivity (Wildman–Crippen MR) is 153 cm³/mol. The number of halogens is 2. The number of aromatic nitrogens is 2. The number of nitrogens with zero attached hydrogens (tertiary/aromatic N) is 4. The maximum atomic E-state index is 11.5. The minimum atomic E-state index is -4.37. The second kappa shape index (κ2) is 10.9. The first-order valence-corrected chi connectivity index (χ1v) is 14.9. The van der Waals surface area contributed by atoms with Gasteiger partial charge in [-0.2, -0.15) is 0 Å². The molecule has 39 heavy (non-hydrogen) atoms. The molecule has 2 heterocycles. The number of non-ortho nitro benzene ring substituents is 1. The summed E-state index contributed by atoms with van der Waals surface area (Å²) < 4.78 is 38.0. The molecule has 9 nitrogen and oxygen atoms in total. The number of fused-ring (bicyclic) bond motifs is 2. The van der Waals surface area contributed by atoms with Crippen molar-refractivity contribution in [2.45, 2.75) is 52.6 Å². The average Bonchev–Trinajstić information content (AvgIpc) is 3.25. The Labute approximate surface area is 237 Å². The molecule has 1 aliphatic rings. The SMILES string of the molecule is CCn1c(/C=C/C=C2/N(CCCS(=O)(=O)[O-])c3ccc([N+](=O)[O-])cc3C2(C)C)[n+](CC)c2cc(Cl)c(Cl)cc21. The molecule has 0 saturated heterocycles. The molecule has 0 spiro atoms. The minimum Gasteiger partial charge on any atom is -0.748 e. The van der Waals surface area contributed by atoms with Crippen molar-refractivity contribution in [3.63, 3.8) is 0 Å². The molecule has 0 atom stereocenters. The number of allylic oxidation sites excluding steroid dienone is 3. The highest BCUT2D eigenvalue weighted by molar-refractivity contribution is 7.85. The third-order valence-electron chi connectivity index (χ3n) is 7.15. The van der Waals surface area contributed by atoms with E-state index in [1.807, 2.05) is 63.0 Å². The maximum absolute atomic E-state index is 11.5. The van der Waals surface area contributed by atoms with E-state index in [1.54, 1.807) is 12.1 Å². The van der Waals surface area contributed by atoms with Gasteiger partial charge in [0.15, 0.2) is 11.0 Å². The number of anilines is 1. The van der Waals surface area contributed by atoms with Crippen LogP contribution in [0.1, 0.15) is 45.5 Å². The number of aryl methyl sites for hydroxylation is 2. The van der Waals surface area contributed by atoms with E-state index in [4.69, 9.17) is 23.2 Å². The van der Waals surface area contributed by atoms with Crippen LogP contribution in [0.25, 0.3) is 17.1 Å². The molecule has 3 aromatic rings.